The number of hydrogen-bond donors (Lipinski definition) is 1. The number of phenols is 1. The molecular weight excluding hydrogens is 284 g/mol. The van der Waals surface area contributed by atoms with Crippen LogP contribution in [-0.2, 0) is 6.42 Å². The number of halogens is 1. The molecule has 21 heavy (non-hydrogen) atoms. The second-order valence-electron chi connectivity index (χ2n) is 4.89. The van der Waals surface area contributed by atoms with Crippen LogP contribution in [0.25, 0.3) is 6.08 Å². The van der Waals surface area contributed by atoms with E-state index in [1.807, 2.05) is 31.2 Å². The van der Waals surface area contributed by atoms with Crippen molar-refractivity contribution in [3.8, 4) is 5.75 Å². The maximum absolute atomic E-state index is 12.2. The van der Waals surface area contributed by atoms with Gasteiger partial charge in [0.1, 0.15) is 5.75 Å². The standard InChI is InChI=1S/C18H17ClO2/c1-13-2-4-14(5-3-13)6-8-17(20)15-7-9-18(21)16(12-15)10-11-19/h2-9,12,21H,10-11H2,1H3/b8-6+. The van der Waals surface area contributed by atoms with Crippen LogP contribution in [0.3, 0.4) is 0 Å². The summed E-state index contributed by atoms with van der Waals surface area (Å²) >= 11 is 5.68. The molecular formula is C18H17ClO2. The highest BCUT2D eigenvalue weighted by Crippen LogP contribution is 2.20. The monoisotopic (exact) mass is 300 g/mol. The molecule has 108 valence electrons. The van der Waals surface area contributed by atoms with Crippen LogP contribution < -0.4 is 0 Å². The van der Waals surface area contributed by atoms with Gasteiger partial charge in [-0.15, -0.1) is 11.6 Å². The van der Waals surface area contributed by atoms with Crippen molar-refractivity contribution in [3.05, 3.63) is 70.8 Å². The van der Waals surface area contributed by atoms with Crippen molar-refractivity contribution < 1.29 is 9.90 Å². The quantitative estimate of drug-likeness (QED) is 0.505. The molecule has 0 saturated carbocycles. The summed E-state index contributed by atoms with van der Waals surface area (Å²) in [5, 5.41) is 9.69. The van der Waals surface area contributed by atoms with Crippen LogP contribution >= 0.6 is 11.6 Å². The molecule has 0 aromatic heterocycles. The highest BCUT2D eigenvalue weighted by atomic mass is 35.5. The van der Waals surface area contributed by atoms with E-state index in [2.05, 4.69) is 0 Å². The number of carbonyl (C=O) groups is 1. The third kappa shape index (κ3) is 4.20. The molecule has 2 aromatic rings. The van der Waals surface area contributed by atoms with E-state index in [-0.39, 0.29) is 11.5 Å². The summed E-state index contributed by atoms with van der Waals surface area (Å²) in [5.74, 6) is 0.492. The van der Waals surface area contributed by atoms with Crippen LogP contribution in [0, 0.1) is 6.92 Å². The lowest BCUT2D eigenvalue weighted by Gasteiger charge is -2.04. The summed E-state index contributed by atoms with van der Waals surface area (Å²) in [6.07, 6.45) is 3.87. The zero-order valence-electron chi connectivity index (χ0n) is 11.8. The zero-order valence-corrected chi connectivity index (χ0v) is 12.6. The number of carbonyl (C=O) groups excluding carboxylic acids is 1. The van der Waals surface area contributed by atoms with Gasteiger partial charge in [-0.1, -0.05) is 35.9 Å². The molecule has 0 atom stereocenters. The van der Waals surface area contributed by atoms with E-state index in [0.29, 0.717) is 23.4 Å². The molecule has 0 amide bonds. The number of hydrogen-bond acceptors (Lipinski definition) is 2. The Hall–Kier alpha value is -2.06. The topological polar surface area (TPSA) is 37.3 Å². The normalized spacial score (nSPS) is 11.0. The first-order chi connectivity index (χ1) is 10.1. The molecule has 0 bridgehead atoms. The van der Waals surface area contributed by atoms with Gasteiger partial charge in [0.25, 0.3) is 0 Å². The molecule has 2 aromatic carbocycles. The Morgan fingerprint density at radius 2 is 1.90 bits per heavy atom. The first-order valence-corrected chi connectivity index (χ1v) is 7.30. The molecule has 0 aliphatic rings. The summed E-state index contributed by atoms with van der Waals surface area (Å²) in [7, 11) is 0. The number of allylic oxidation sites excluding steroid dienone is 1. The van der Waals surface area contributed by atoms with E-state index in [1.54, 1.807) is 24.3 Å². The third-order valence-electron chi connectivity index (χ3n) is 3.23. The Balaban J connectivity index is 2.16. The van der Waals surface area contributed by atoms with E-state index in [4.69, 9.17) is 11.6 Å². The van der Waals surface area contributed by atoms with Gasteiger partial charge < -0.3 is 5.11 Å². The number of rotatable bonds is 5. The molecule has 0 radical (unpaired) electrons. The fourth-order valence-corrected chi connectivity index (χ4v) is 2.19. The van der Waals surface area contributed by atoms with Gasteiger partial charge in [-0.2, -0.15) is 0 Å². The van der Waals surface area contributed by atoms with Gasteiger partial charge in [-0.3, -0.25) is 4.79 Å². The summed E-state index contributed by atoms with van der Waals surface area (Å²) in [6, 6.07) is 12.8. The average Bonchev–Trinajstić information content (AvgIpc) is 2.49. The van der Waals surface area contributed by atoms with Crippen molar-refractivity contribution in [1.29, 1.82) is 0 Å². The molecule has 0 fully saturated rings. The van der Waals surface area contributed by atoms with Gasteiger partial charge in [0.2, 0.25) is 0 Å². The highest BCUT2D eigenvalue weighted by molar-refractivity contribution is 6.18. The number of aryl methyl sites for hydroxylation is 2. The van der Waals surface area contributed by atoms with Crippen LogP contribution in [0.15, 0.2) is 48.5 Å². The van der Waals surface area contributed by atoms with E-state index in [9.17, 15) is 9.90 Å². The van der Waals surface area contributed by atoms with Crippen LogP contribution in [0.4, 0.5) is 0 Å². The van der Waals surface area contributed by atoms with Crippen molar-refractivity contribution in [1.82, 2.24) is 0 Å². The lowest BCUT2D eigenvalue weighted by molar-refractivity contribution is 0.104. The molecule has 3 heteroatoms. The van der Waals surface area contributed by atoms with Crippen LogP contribution in [0.2, 0.25) is 0 Å². The van der Waals surface area contributed by atoms with Gasteiger partial charge in [-0.25, -0.2) is 0 Å². The molecule has 0 heterocycles. The SMILES string of the molecule is Cc1ccc(/C=C/C(=O)c2ccc(O)c(CCCl)c2)cc1. The minimum atomic E-state index is -0.0913. The van der Waals surface area contributed by atoms with Crippen LogP contribution in [-0.4, -0.2) is 16.8 Å². The summed E-state index contributed by atoms with van der Waals surface area (Å²) < 4.78 is 0. The molecule has 1 N–H and O–H groups in total. The van der Waals surface area contributed by atoms with E-state index >= 15 is 0 Å². The Morgan fingerprint density at radius 3 is 2.57 bits per heavy atom. The van der Waals surface area contributed by atoms with Crippen LogP contribution in [0.1, 0.15) is 27.0 Å². The molecule has 0 saturated heterocycles. The predicted molar refractivity (Wildman–Crippen MR) is 87.1 cm³/mol. The van der Waals surface area contributed by atoms with Gasteiger partial charge in [0, 0.05) is 11.4 Å². The largest absolute Gasteiger partial charge is 0.508 e. The number of alkyl halides is 1. The van der Waals surface area contributed by atoms with Gasteiger partial charge in [0.15, 0.2) is 5.78 Å². The van der Waals surface area contributed by atoms with E-state index in [1.165, 1.54) is 11.6 Å². The van der Waals surface area contributed by atoms with Crippen molar-refractivity contribution >= 4 is 23.5 Å². The molecule has 0 unspecified atom stereocenters. The number of aromatic hydroxyl groups is 1. The van der Waals surface area contributed by atoms with Crippen molar-refractivity contribution in [2.75, 3.05) is 5.88 Å². The Morgan fingerprint density at radius 1 is 1.19 bits per heavy atom. The molecule has 2 nitrogen and oxygen atoms in total. The fourth-order valence-electron chi connectivity index (χ4n) is 1.99. The van der Waals surface area contributed by atoms with Crippen molar-refractivity contribution in [2.24, 2.45) is 0 Å². The van der Waals surface area contributed by atoms with Gasteiger partial charge >= 0.3 is 0 Å². The first-order valence-electron chi connectivity index (χ1n) is 6.77. The number of ketones is 1. The van der Waals surface area contributed by atoms with Crippen molar-refractivity contribution in [2.45, 2.75) is 13.3 Å². The van der Waals surface area contributed by atoms with E-state index in [0.717, 1.165) is 5.56 Å². The minimum Gasteiger partial charge on any atom is -0.508 e. The predicted octanol–water partition coefficient (Wildman–Crippen LogP) is 4.38. The average molecular weight is 301 g/mol. The minimum absolute atomic E-state index is 0.0913. The maximum atomic E-state index is 12.2. The smallest absolute Gasteiger partial charge is 0.185 e. The van der Waals surface area contributed by atoms with E-state index < -0.39 is 0 Å². The lowest BCUT2D eigenvalue weighted by Crippen LogP contribution is -1.97. The molecule has 0 aliphatic heterocycles. The van der Waals surface area contributed by atoms with Gasteiger partial charge in [-0.05, 0) is 48.7 Å². The second-order valence-corrected chi connectivity index (χ2v) is 5.27. The third-order valence-corrected chi connectivity index (χ3v) is 3.42. The summed E-state index contributed by atoms with van der Waals surface area (Å²) in [5.41, 5.74) is 3.41. The maximum Gasteiger partial charge on any atom is 0.185 e. The van der Waals surface area contributed by atoms with Gasteiger partial charge in [0.05, 0.1) is 0 Å². The first kappa shape index (κ1) is 15.3. The molecule has 0 aliphatic carbocycles. The Labute approximate surface area is 129 Å². The molecule has 0 spiro atoms. The Kier molecular flexibility index (Phi) is 5.18. The second kappa shape index (κ2) is 7.09. The summed E-state index contributed by atoms with van der Waals surface area (Å²) in [6.45, 7) is 2.02. The lowest BCUT2D eigenvalue weighted by atomic mass is 10.0. The number of benzene rings is 2. The Bertz CT molecular complexity index is 657. The molecule has 2 rings (SSSR count). The highest BCUT2D eigenvalue weighted by Gasteiger charge is 2.06. The van der Waals surface area contributed by atoms with Crippen molar-refractivity contribution in [3.63, 3.8) is 0 Å². The summed E-state index contributed by atoms with van der Waals surface area (Å²) in [4.78, 5) is 12.2. The van der Waals surface area contributed by atoms with Crippen LogP contribution in [0.5, 0.6) is 5.75 Å². The number of phenolic OH excluding ortho intramolecular Hbond substituents is 1. The fraction of sp³-hybridized carbons (Fsp3) is 0.167. The zero-order chi connectivity index (χ0) is 15.2.